The van der Waals surface area contributed by atoms with E-state index in [1.807, 2.05) is 48.7 Å². The molecule has 34 heavy (non-hydrogen) atoms. The van der Waals surface area contributed by atoms with Gasteiger partial charge in [0.2, 0.25) is 0 Å². The molecule has 9 heteroatoms. The van der Waals surface area contributed by atoms with Gasteiger partial charge in [0.15, 0.2) is 5.82 Å². The van der Waals surface area contributed by atoms with Crippen LogP contribution < -0.4 is 11.1 Å². The van der Waals surface area contributed by atoms with Gasteiger partial charge in [0.25, 0.3) is 0 Å². The van der Waals surface area contributed by atoms with E-state index in [9.17, 15) is 10.1 Å². The van der Waals surface area contributed by atoms with E-state index in [0.29, 0.717) is 42.2 Å². The Morgan fingerprint density at radius 1 is 1.24 bits per heavy atom. The highest BCUT2D eigenvalue weighted by Gasteiger charge is 2.22. The lowest BCUT2D eigenvalue weighted by Gasteiger charge is -2.22. The average Bonchev–Trinajstić information content (AvgIpc) is 3.43. The lowest BCUT2D eigenvalue weighted by Crippen LogP contribution is -2.40. The highest BCUT2D eigenvalue weighted by Crippen LogP contribution is 2.34. The number of nitriles is 1. The summed E-state index contributed by atoms with van der Waals surface area (Å²) in [6.45, 7) is 0.907. The van der Waals surface area contributed by atoms with Crippen molar-refractivity contribution in [3.8, 4) is 6.07 Å². The van der Waals surface area contributed by atoms with Crippen molar-refractivity contribution in [2.75, 3.05) is 25.9 Å². The van der Waals surface area contributed by atoms with Crippen molar-refractivity contribution >= 4 is 34.4 Å². The number of hydrogen-bond donors (Lipinski definition) is 4. The van der Waals surface area contributed by atoms with Crippen LogP contribution in [0.4, 0.5) is 10.6 Å². The summed E-state index contributed by atoms with van der Waals surface area (Å²) in [5.74, 6) is 0.0832. The van der Waals surface area contributed by atoms with E-state index in [2.05, 4.69) is 32.6 Å². The summed E-state index contributed by atoms with van der Waals surface area (Å²) in [6.07, 6.45) is 3.22. The Balaban J connectivity index is 1.43. The summed E-state index contributed by atoms with van der Waals surface area (Å²) in [5.41, 5.74) is 9.81. The van der Waals surface area contributed by atoms with E-state index in [1.54, 1.807) is 11.9 Å². The van der Waals surface area contributed by atoms with Crippen molar-refractivity contribution in [1.29, 1.82) is 5.26 Å². The van der Waals surface area contributed by atoms with Gasteiger partial charge in [-0.05, 0) is 36.1 Å². The van der Waals surface area contributed by atoms with E-state index in [1.165, 1.54) is 0 Å². The monoisotopic (exact) mass is 475 g/mol. The predicted octanol–water partition coefficient (Wildman–Crippen LogP) is 4.40. The Bertz CT molecular complexity index is 1340. The summed E-state index contributed by atoms with van der Waals surface area (Å²) in [4.78, 5) is 17.8. The number of rotatable bonds is 8. The minimum Gasteiger partial charge on any atom is -0.381 e. The SMILES string of the molecule is CN(CCCc1[nH]nc(N)c1C#N)C(=O)NCC(c1ccccc1Cl)c1c[nH]c2ccccc12. The fourth-order valence-corrected chi connectivity index (χ4v) is 4.41. The van der Waals surface area contributed by atoms with Crippen LogP contribution in [-0.4, -0.2) is 46.2 Å². The quantitative estimate of drug-likeness (QED) is 0.301. The Kier molecular flexibility index (Phi) is 7.04. The number of anilines is 1. The molecule has 5 N–H and O–H groups in total. The molecule has 174 valence electrons. The summed E-state index contributed by atoms with van der Waals surface area (Å²) in [6, 6.07) is 17.7. The third-order valence-electron chi connectivity index (χ3n) is 5.98. The number of nitrogen functional groups attached to an aromatic ring is 1. The lowest BCUT2D eigenvalue weighted by atomic mass is 9.91. The number of carbonyl (C=O) groups excluding carboxylic acids is 1. The number of aryl methyl sites for hydroxylation is 1. The van der Waals surface area contributed by atoms with E-state index in [4.69, 9.17) is 17.3 Å². The molecule has 1 atom stereocenters. The fourth-order valence-electron chi connectivity index (χ4n) is 4.15. The van der Waals surface area contributed by atoms with Crippen LogP contribution >= 0.6 is 11.6 Å². The Morgan fingerprint density at radius 3 is 2.79 bits per heavy atom. The number of carbonyl (C=O) groups is 1. The van der Waals surface area contributed by atoms with Gasteiger partial charge >= 0.3 is 6.03 Å². The normalized spacial score (nSPS) is 11.8. The molecule has 0 spiro atoms. The number of nitrogens with zero attached hydrogens (tertiary/aromatic N) is 3. The van der Waals surface area contributed by atoms with Gasteiger partial charge in [-0.15, -0.1) is 0 Å². The topological polar surface area (TPSA) is 127 Å². The minimum absolute atomic E-state index is 0.117. The van der Waals surface area contributed by atoms with Crippen LogP contribution in [-0.2, 0) is 6.42 Å². The van der Waals surface area contributed by atoms with Gasteiger partial charge in [0.1, 0.15) is 11.6 Å². The van der Waals surface area contributed by atoms with Crippen molar-refractivity contribution in [2.45, 2.75) is 18.8 Å². The second kappa shape index (κ2) is 10.3. The maximum atomic E-state index is 12.8. The first-order valence-electron chi connectivity index (χ1n) is 11.0. The summed E-state index contributed by atoms with van der Waals surface area (Å²) >= 11 is 6.54. The molecule has 0 aliphatic carbocycles. The number of aromatic amines is 2. The van der Waals surface area contributed by atoms with Gasteiger partial charge in [-0.2, -0.15) is 10.4 Å². The fraction of sp³-hybridized carbons (Fsp3) is 0.240. The summed E-state index contributed by atoms with van der Waals surface area (Å²) < 4.78 is 0. The molecule has 0 saturated heterocycles. The van der Waals surface area contributed by atoms with Gasteiger partial charge in [-0.1, -0.05) is 48.0 Å². The largest absolute Gasteiger partial charge is 0.381 e. The molecule has 0 radical (unpaired) electrons. The van der Waals surface area contributed by atoms with E-state index in [-0.39, 0.29) is 17.8 Å². The molecule has 0 saturated carbocycles. The zero-order valence-corrected chi connectivity index (χ0v) is 19.6. The van der Waals surface area contributed by atoms with Gasteiger partial charge in [0.05, 0.1) is 5.69 Å². The molecule has 4 aromatic rings. The number of fused-ring (bicyclic) bond motifs is 1. The van der Waals surface area contributed by atoms with Crippen molar-refractivity contribution in [2.24, 2.45) is 0 Å². The number of H-pyrrole nitrogens is 2. The van der Waals surface area contributed by atoms with Crippen LogP contribution in [0.2, 0.25) is 5.02 Å². The smallest absolute Gasteiger partial charge is 0.317 e. The Morgan fingerprint density at radius 2 is 2.00 bits per heavy atom. The van der Waals surface area contributed by atoms with E-state index < -0.39 is 0 Å². The molecule has 4 rings (SSSR count). The van der Waals surface area contributed by atoms with Crippen molar-refractivity contribution < 1.29 is 4.79 Å². The van der Waals surface area contributed by atoms with Gasteiger partial charge in [0, 0.05) is 48.2 Å². The summed E-state index contributed by atoms with van der Waals surface area (Å²) in [7, 11) is 1.75. The molecule has 0 fully saturated rings. The molecule has 1 unspecified atom stereocenters. The lowest BCUT2D eigenvalue weighted by molar-refractivity contribution is 0.208. The van der Waals surface area contributed by atoms with Gasteiger partial charge in [-0.3, -0.25) is 5.10 Å². The molecule has 8 nitrogen and oxygen atoms in total. The van der Waals surface area contributed by atoms with Crippen LogP contribution in [0.15, 0.2) is 54.7 Å². The third kappa shape index (κ3) is 4.85. The molecule has 0 bridgehead atoms. The number of para-hydroxylation sites is 1. The average molecular weight is 476 g/mol. The van der Waals surface area contributed by atoms with E-state index in [0.717, 1.165) is 22.0 Å². The molecular weight excluding hydrogens is 450 g/mol. The molecule has 0 aliphatic heterocycles. The van der Waals surface area contributed by atoms with Crippen molar-refractivity contribution in [3.05, 3.63) is 82.1 Å². The molecule has 2 aromatic heterocycles. The Labute approximate surface area is 202 Å². The zero-order valence-electron chi connectivity index (χ0n) is 18.8. The maximum Gasteiger partial charge on any atom is 0.317 e. The molecule has 2 amide bonds. The molecule has 2 aromatic carbocycles. The number of hydrogen-bond acceptors (Lipinski definition) is 4. The summed E-state index contributed by atoms with van der Waals surface area (Å²) in [5, 5.41) is 20.7. The molecular formula is C25H26ClN7O. The van der Waals surface area contributed by atoms with Crippen LogP contribution in [0.1, 0.15) is 34.7 Å². The first kappa shape index (κ1) is 23.2. The van der Waals surface area contributed by atoms with Gasteiger partial charge < -0.3 is 20.9 Å². The highest BCUT2D eigenvalue weighted by atomic mass is 35.5. The highest BCUT2D eigenvalue weighted by molar-refractivity contribution is 6.31. The van der Waals surface area contributed by atoms with E-state index >= 15 is 0 Å². The Hall–Kier alpha value is -3.96. The van der Waals surface area contributed by atoms with Crippen molar-refractivity contribution in [3.63, 3.8) is 0 Å². The third-order valence-corrected chi connectivity index (χ3v) is 6.33. The number of aromatic nitrogens is 3. The maximum absolute atomic E-state index is 12.8. The molecule has 2 heterocycles. The zero-order chi connectivity index (χ0) is 24.1. The molecule has 0 aliphatic rings. The number of nitrogens with one attached hydrogen (secondary N) is 3. The van der Waals surface area contributed by atoms with Crippen LogP contribution in [0.25, 0.3) is 10.9 Å². The van der Waals surface area contributed by atoms with Crippen LogP contribution in [0.3, 0.4) is 0 Å². The van der Waals surface area contributed by atoms with Crippen LogP contribution in [0, 0.1) is 11.3 Å². The van der Waals surface area contributed by atoms with Crippen molar-refractivity contribution in [1.82, 2.24) is 25.4 Å². The van der Waals surface area contributed by atoms with Gasteiger partial charge in [-0.25, -0.2) is 4.79 Å². The minimum atomic E-state index is -0.179. The number of urea groups is 1. The van der Waals surface area contributed by atoms with Crippen LogP contribution in [0.5, 0.6) is 0 Å². The standard InChI is InChI=1S/C25H26ClN7O/c1-33(12-6-11-23-18(13-27)24(28)32-31-23)25(34)30-15-19(16-7-2-4-9-21(16)26)20-14-29-22-10-5-3-8-17(20)22/h2-5,7-10,14,19,29H,6,11-12,15H2,1H3,(H,30,34)(H3,28,31,32). The number of amides is 2. The number of benzene rings is 2. The first-order chi connectivity index (χ1) is 16.5. The second-order valence-corrected chi connectivity index (χ2v) is 8.56. The second-order valence-electron chi connectivity index (χ2n) is 8.15. The number of halogens is 1. The first-order valence-corrected chi connectivity index (χ1v) is 11.4. The number of nitrogens with two attached hydrogens (primary N) is 1. The predicted molar refractivity (Wildman–Crippen MR) is 134 cm³/mol.